The Morgan fingerprint density at radius 3 is 2.31 bits per heavy atom. The summed E-state index contributed by atoms with van der Waals surface area (Å²) >= 11 is 0. The van der Waals surface area contributed by atoms with Crippen LogP contribution >= 0.6 is 0 Å². The lowest BCUT2D eigenvalue weighted by atomic mass is 9.94. The van der Waals surface area contributed by atoms with Gasteiger partial charge in [0.15, 0.2) is 0 Å². The number of hydrogen-bond acceptors (Lipinski definition) is 3. The molecular weight excluding hydrogens is 172 g/mol. The molecule has 1 unspecified atom stereocenters. The first-order chi connectivity index (χ1) is 5.77. The van der Waals surface area contributed by atoms with Crippen LogP contribution in [0.3, 0.4) is 0 Å². The van der Waals surface area contributed by atoms with E-state index in [9.17, 15) is 9.59 Å². The smallest absolute Gasteiger partial charge is 0.310 e. The van der Waals surface area contributed by atoms with Crippen LogP contribution in [0, 0.1) is 5.41 Å². The molecule has 0 aromatic carbocycles. The first-order valence-corrected chi connectivity index (χ1v) is 4.04. The number of hydrogen-bond donors (Lipinski definition) is 3. The molecule has 0 saturated heterocycles. The van der Waals surface area contributed by atoms with Crippen molar-refractivity contribution in [3.8, 4) is 0 Å². The SMILES string of the molecule is CC(N)C(=O)NCC(C)(C)C(=O)O. The van der Waals surface area contributed by atoms with Crippen LogP contribution < -0.4 is 11.1 Å². The zero-order valence-electron chi connectivity index (χ0n) is 8.13. The molecule has 0 aromatic rings. The maximum Gasteiger partial charge on any atom is 0.310 e. The number of carbonyl (C=O) groups is 2. The molecule has 4 N–H and O–H groups in total. The van der Waals surface area contributed by atoms with Gasteiger partial charge >= 0.3 is 5.97 Å². The Labute approximate surface area is 77.3 Å². The van der Waals surface area contributed by atoms with Crippen molar-refractivity contribution in [3.05, 3.63) is 0 Å². The number of aliphatic carboxylic acids is 1. The summed E-state index contributed by atoms with van der Waals surface area (Å²) in [6.45, 7) is 4.71. The number of carboxylic acid groups (broad SMARTS) is 1. The molecule has 1 amide bonds. The number of rotatable bonds is 4. The standard InChI is InChI=1S/C8H16N2O3/c1-5(9)6(11)10-4-8(2,3)7(12)13/h5H,4,9H2,1-3H3,(H,10,11)(H,12,13). The van der Waals surface area contributed by atoms with Crippen molar-refractivity contribution in [1.82, 2.24) is 5.32 Å². The van der Waals surface area contributed by atoms with Gasteiger partial charge in [0.25, 0.3) is 0 Å². The van der Waals surface area contributed by atoms with Crippen LogP contribution in [0.4, 0.5) is 0 Å². The molecule has 0 aliphatic rings. The van der Waals surface area contributed by atoms with Crippen molar-refractivity contribution in [2.75, 3.05) is 6.54 Å². The van der Waals surface area contributed by atoms with E-state index < -0.39 is 17.4 Å². The molecule has 5 heteroatoms. The minimum atomic E-state index is -0.954. The van der Waals surface area contributed by atoms with Crippen LogP contribution in [0.15, 0.2) is 0 Å². The van der Waals surface area contributed by atoms with Crippen molar-refractivity contribution in [2.45, 2.75) is 26.8 Å². The average molecular weight is 188 g/mol. The largest absolute Gasteiger partial charge is 0.481 e. The molecule has 0 heterocycles. The fourth-order valence-corrected chi connectivity index (χ4v) is 0.545. The highest BCUT2D eigenvalue weighted by Crippen LogP contribution is 2.12. The zero-order chi connectivity index (χ0) is 10.6. The van der Waals surface area contributed by atoms with Gasteiger partial charge in [-0.2, -0.15) is 0 Å². The molecule has 0 rings (SSSR count). The lowest BCUT2D eigenvalue weighted by Gasteiger charge is -2.20. The number of carbonyl (C=O) groups excluding carboxylic acids is 1. The van der Waals surface area contributed by atoms with Crippen molar-refractivity contribution >= 4 is 11.9 Å². The molecule has 1 atom stereocenters. The molecule has 0 aromatic heterocycles. The van der Waals surface area contributed by atoms with E-state index in [1.807, 2.05) is 0 Å². The minimum absolute atomic E-state index is 0.0860. The Bertz CT molecular complexity index is 211. The number of amides is 1. The van der Waals surface area contributed by atoms with E-state index in [1.54, 1.807) is 6.92 Å². The van der Waals surface area contributed by atoms with E-state index in [0.29, 0.717) is 0 Å². The molecule has 0 fully saturated rings. The summed E-state index contributed by atoms with van der Waals surface area (Å²) < 4.78 is 0. The van der Waals surface area contributed by atoms with Crippen molar-refractivity contribution < 1.29 is 14.7 Å². The summed E-state index contributed by atoms with van der Waals surface area (Å²) in [5, 5.41) is 11.2. The molecule has 13 heavy (non-hydrogen) atoms. The van der Waals surface area contributed by atoms with Gasteiger partial charge in [-0.25, -0.2) is 0 Å². The fourth-order valence-electron chi connectivity index (χ4n) is 0.545. The lowest BCUT2D eigenvalue weighted by Crippen LogP contribution is -2.44. The van der Waals surface area contributed by atoms with Gasteiger partial charge in [0.05, 0.1) is 11.5 Å². The summed E-state index contributed by atoms with van der Waals surface area (Å²) in [6.07, 6.45) is 0. The van der Waals surface area contributed by atoms with Crippen LogP contribution in [-0.2, 0) is 9.59 Å². The van der Waals surface area contributed by atoms with Crippen LogP contribution in [0.1, 0.15) is 20.8 Å². The van der Waals surface area contributed by atoms with Gasteiger partial charge in [-0.3, -0.25) is 9.59 Å². The van der Waals surface area contributed by atoms with E-state index in [1.165, 1.54) is 13.8 Å². The summed E-state index contributed by atoms with van der Waals surface area (Å²) in [4.78, 5) is 21.6. The molecule has 0 aliphatic carbocycles. The Balaban J connectivity index is 4.03. The van der Waals surface area contributed by atoms with Gasteiger partial charge in [-0.05, 0) is 20.8 Å². The van der Waals surface area contributed by atoms with Crippen LogP contribution in [0.2, 0.25) is 0 Å². The monoisotopic (exact) mass is 188 g/mol. The fraction of sp³-hybridized carbons (Fsp3) is 0.750. The second-order valence-corrected chi connectivity index (χ2v) is 3.70. The van der Waals surface area contributed by atoms with Gasteiger partial charge in [-0.1, -0.05) is 0 Å². The quantitative estimate of drug-likeness (QED) is 0.557. The van der Waals surface area contributed by atoms with Gasteiger partial charge < -0.3 is 16.2 Å². The number of nitrogens with one attached hydrogen (secondary N) is 1. The predicted molar refractivity (Wildman–Crippen MR) is 48.1 cm³/mol. The number of nitrogens with two attached hydrogens (primary N) is 1. The van der Waals surface area contributed by atoms with Crippen molar-refractivity contribution in [3.63, 3.8) is 0 Å². The molecular formula is C8H16N2O3. The highest BCUT2D eigenvalue weighted by molar-refractivity contribution is 5.82. The van der Waals surface area contributed by atoms with Gasteiger partial charge in [0.2, 0.25) is 5.91 Å². The second-order valence-electron chi connectivity index (χ2n) is 3.70. The van der Waals surface area contributed by atoms with Crippen LogP contribution in [0.25, 0.3) is 0 Å². The molecule has 0 saturated carbocycles. The Morgan fingerprint density at radius 2 is 2.00 bits per heavy atom. The molecule has 0 bridgehead atoms. The summed E-state index contributed by atoms with van der Waals surface area (Å²) in [5.41, 5.74) is 4.33. The van der Waals surface area contributed by atoms with Gasteiger partial charge in [0, 0.05) is 6.54 Å². The lowest BCUT2D eigenvalue weighted by molar-refractivity contribution is -0.146. The van der Waals surface area contributed by atoms with E-state index in [0.717, 1.165) is 0 Å². The van der Waals surface area contributed by atoms with E-state index in [-0.39, 0.29) is 12.5 Å². The maximum absolute atomic E-state index is 11.0. The van der Waals surface area contributed by atoms with Gasteiger partial charge in [0.1, 0.15) is 0 Å². The molecule has 5 nitrogen and oxygen atoms in total. The van der Waals surface area contributed by atoms with E-state index >= 15 is 0 Å². The van der Waals surface area contributed by atoms with Crippen molar-refractivity contribution in [2.24, 2.45) is 11.1 Å². The van der Waals surface area contributed by atoms with Crippen molar-refractivity contribution in [1.29, 1.82) is 0 Å². The third-order valence-corrected chi connectivity index (χ3v) is 1.70. The molecule has 0 radical (unpaired) electrons. The highest BCUT2D eigenvalue weighted by atomic mass is 16.4. The first-order valence-electron chi connectivity index (χ1n) is 4.04. The predicted octanol–water partition coefficient (Wildman–Crippen LogP) is -0.439. The Kier molecular flexibility index (Phi) is 3.87. The number of carboxylic acids is 1. The molecule has 0 spiro atoms. The summed E-state index contributed by atoms with van der Waals surface area (Å²) in [6, 6.07) is -0.607. The zero-order valence-corrected chi connectivity index (χ0v) is 8.13. The van der Waals surface area contributed by atoms with Crippen LogP contribution in [-0.4, -0.2) is 29.6 Å². The van der Waals surface area contributed by atoms with Gasteiger partial charge in [-0.15, -0.1) is 0 Å². The minimum Gasteiger partial charge on any atom is -0.481 e. The normalized spacial score (nSPS) is 13.5. The molecule has 0 aliphatic heterocycles. The highest BCUT2D eigenvalue weighted by Gasteiger charge is 2.27. The third kappa shape index (κ3) is 3.89. The Morgan fingerprint density at radius 1 is 1.54 bits per heavy atom. The van der Waals surface area contributed by atoms with Crippen LogP contribution in [0.5, 0.6) is 0 Å². The summed E-state index contributed by atoms with van der Waals surface area (Å²) in [7, 11) is 0. The first kappa shape index (κ1) is 11.9. The third-order valence-electron chi connectivity index (χ3n) is 1.70. The maximum atomic E-state index is 11.0. The second kappa shape index (κ2) is 4.23. The van der Waals surface area contributed by atoms with E-state index in [2.05, 4.69) is 5.32 Å². The summed E-state index contributed by atoms with van der Waals surface area (Å²) in [5.74, 6) is -1.29. The Hall–Kier alpha value is -1.10. The topological polar surface area (TPSA) is 92.4 Å². The average Bonchev–Trinajstić information content (AvgIpc) is 1.99. The van der Waals surface area contributed by atoms with E-state index in [4.69, 9.17) is 10.8 Å². The molecule has 76 valence electrons.